The molecule has 1 amide bonds. The molecule has 29 heavy (non-hydrogen) atoms. The van der Waals surface area contributed by atoms with Crippen LogP contribution in [-0.4, -0.2) is 47.0 Å². The average molecular weight is 412 g/mol. The fraction of sp³-hybridized carbons (Fsp3) is 0.500. The summed E-state index contributed by atoms with van der Waals surface area (Å²) in [6, 6.07) is 5.76. The summed E-state index contributed by atoms with van der Waals surface area (Å²) in [6.07, 6.45) is 8.20. The van der Waals surface area contributed by atoms with E-state index in [0.29, 0.717) is 23.1 Å². The van der Waals surface area contributed by atoms with Gasteiger partial charge in [-0.1, -0.05) is 11.6 Å². The van der Waals surface area contributed by atoms with Crippen LogP contribution in [0.5, 0.6) is 0 Å². The number of likely N-dealkylation sites (tertiary alicyclic amines) is 1. The third-order valence-electron chi connectivity index (χ3n) is 6.76. The number of piperidine rings is 1. The first-order valence-electron chi connectivity index (χ1n) is 10.5. The zero-order valence-electron chi connectivity index (χ0n) is 16.5. The maximum absolute atomic E-state index is 13.3. The maximum atomic E-state index is 13.3. The molecule has 1 atom stereocenters. The molecule has 6 nitrogen and oxygen atoms in total. The van der Waals surface area contributed by atoms with Crippen LogP contribution in [-0.2, 0) is 11.8 Å². The van der Waals surface area contributed by atoms with Crippen molar-refractivity contribution in [1.82, 2.24) is 14.9 Å². The SMILES string of the molecule is Nc1ncc2c(n1)C1(CCCN(C(=O)c3ccc(N4CCCC4)c(Cl)c3)C1)CC2. The number of aryl methyl sites for hydroxylation is 1. The number of fused-ring (bicyclic) bond motifs is 2. The minimum absolute atomic E-state index is 0.0504. The minimum atomic E-state index is -0.0976. The van der Waals surface area contributed by atoms with Gasteiger partial charge in [-0.15, -0.1) is 0 Å². The van der Waals surface area contributed by atoms with Crippen molar-refractivity contribution in [3.63, 3.8) is 0 Å². The molecule has 2 fully saturated rings. The minimum Gasteiger partial charge on any atom is -0.370 e. The number of nitrogens with two attached hydrogens (primary N) is 1. The van der Waals surface area contributed by atoms with Crippen molar-refractivity contribution in [1.29, 1.82) is 0 Å². The number of aromatic nitrogens is 2. The molecule has 0 saturated carbocycles. The second kappa shape index (κ2) is 7.17. The topological polar surface area (TPSA) is 75.3 Å². The van der Waals surface area contributed by atoms with Gasteiger partial charge < -0.3 is 15.5 Å². The number of anilines is 2. The molecule has 3 heterocycles. The lowest BCUT2D eigenvalue weighted by Gasteiger charge is -2.40. The van der Waals surface area contributed by atoms with Gasteiger partial charge in [0.05, 0.1) is 16.4 Å². The van der Waals surface area contributed by atoms with E-state index < -0.39 is 0 Å². The molecule has 0 bridgehead atoms. The van der Waals surface area contributed by atoms with Crippen LogP contribution in [0, 0.1) is 0 Å². The zero-order chi connectivity index (χ0) is 20.0. The van der Waals surface area contributed by atoms with Gasteiger partial charge in [0.1, 0.15) is 0 Å². The van der Waals surface area contributed by atoms with Crippen LogP contribution in [0.25, 0.3) is 0 Å². The molecule has 2 aliphatic heterocycles. The summed E-state index contributed by atoms with van der Waals surface area (Å²) < 4.78 is 0. The second-order valence-corrected chi connectivity index (χ2v) is 8.98. The second-order valence-electron chi connectivity index (χ2n) is 8.57. The number of nitrogens with zero attached hydrogens (tertiary/aromatic N) is 4. The van der Waals surface area contributed by atoms with Gasteiger partial charge in [0.15, 0.2) is 0 Å². The van der Waals surface area contributed by atoms with Gasteiger partial charge in [-0.25, -0.2) is 9.97 Å². The standard InChI is InChI=1S/C22H26ClN5O/c23-17-12-15(4-5-18(17)27-9-1-2-10-27)20(29)28-11-3-7-22(14-28)8-6-16-13-25-21(24)26-19(16)22/h4-5,12-13H,1-3,6-11,14H2,(H2,24,25,26). The number of nitrogen functional groups attached to an aromatic ring is 1. The molecule has 1 aliphatic carbocycles. The van der Waals surface area contributed by atoms with E-state index in [1.807, 2.05) is 29.3 Å². The largest absolute Gasteiger partial charge is 0.370 e. The molecule has 1 spiro atoms. The number of halogens is 1. The van der Waals surface area contributed by atoms with Crippen molar-refractivity contribution in [2.24, 2.45) is 0 Å². The Bertz CT molecular complexity index is 954. The van der Waals surface area contributed by atoms with Crippen LogP contribution in [0.4, 0.5) is 11.6 Å². The van der Waals surface area contributed by atoms with E-state index >= 15 is 0 Å². The van der Waals surface area contributed by atoms with Gasteiger partial charge in [-0.2, -0.15) is 0 Å². The van der Waals surface area contributed by atoms with Crippen molar-refractivity contribution in [3.8, 4) is 0 Å². The lowest BCUT2D eigenvalue weighted by molar-refractivity contribution is 0.0633. The van der Waals surface area contributed by atoms with Crippen LogP contribution in [0.15, 0.2) is 24.4 Å². The highest BCUT2D eigenvalue weighted by molar-refractivity contribution is 6.33. The summed E-state index contributed by atoms with van der Waals surface area (Å²) in [6.45, 7) is 3.51. The van der Waals surface area contributed by atoms with Crippen LogP contribution < -0.4 is 10.6 Å². The molecule has 2 N–H and O–H groups in total. The third-order valence-corrected chi connectivity index (χ3v) is 7.07. The molecule has 152 valence electrons. The van der Waals surface area contributed by atoms with Crippen molar-refractivity contribution >= 4 is 29.1 Å². The predicted molar refractivity (Wildman–Crippen MR) is 114 cm³/mol. The van der Waals surface area contributed by atoms with Crippen LogP contribution in [0.2, 0.25) is 5.02 Å². The molecule has 7 heteroatoms. The normalized spacial score (nSPS) is 23.6. The predicted octanol–water partition coefficient (Wildman–Crippen LogP) is 3.43. The quantitative estimate of drug-likeness (QED) is 0.819. The molecule has 5 rings (SSSR count). The number of carbonyl (C=O) groups excluding carboxylic acids is 1. The van der Waals surface area contributed by atoms with E-state index in [1.165, 1.54) is 18.4 Å². The Morgan fingerprint density at radius 2 is 1.97 bits per heavy atom. The first kappa shape index (κ1) is 18.7. The monoisotopic (exact) mass is 411 g/mol. The number of carbonyl (C=O) groups is 1. The maximum Gasteiger partial charge on any atom is 0.253 e. The highest BCUT2D eigenvalue weighted by atomic mass is 35.5. The lowest BCUT2D eigenvalue weighted by atomic mass is 9.77. The summed E-state index contributed by atoms with van der Waals surface area (Å²) in [5.41, 5.74) is 9.69. The van der Waals surface area contributed by atoms with E-state index in [9.17, 15) is 4.79 Å². The fourth-order valence-corrected chi connectivity index (χ4v) is 5.59. The Kier molecular flexibility index (Phi) is 4.62. The molecular weight excluding hydrogens is 386 g/mol. The number of hydrogen-bond acceptors (Lipinski definition) is 5. The Hall–Kier alpha value is -2.34. The molecule has 1 aromatic heterocycles. The summed E-state index contributed by atoms with van der Waals surface area (Å²) in [4.78, 5) is 26.3. The first-order chi connectivity index (χ1) is 14.1. The highest BCUT2D eigenvalue weighted by Gasteiger charge is 2.44. The highest BCUT2D eigenvalue weighted by Crippen LogP contribution is 2.44. The van der Waals surface area contributed by atoms with Crippen LogP contribution >= 0.6 is 11.6 Å². The molecule has 3 aliphatic rings. The fourth-order valence-electron chi connectivity index (χ4n) is 5.29. The Labute approximate surface area is 176 Å². The Morgan fingerprint density at radius 1 is 1.14 bits per heavy atom. The van der Waals surface area contributed by atoms with E-state index in [-0.39, 0.29) is 11.3 Å². The molecule has 1 aromatic carbocycles. The molecule has 2 aromatic rings. The van der Waals surface area contributed by atoms with Gasteiger partial charge in [0.25, 0.3) is 5.91 Å². The molecule has 0 radical (unpaired) electrons. The third kappa shape index (κ3) is 3.23. The lowest BCUT2D eigenvalue weighted by Crippen LogP contribution is -2.48. The molecular formula is C22H26ClN5O. The first-order valence-corrected chi connectivity index (χ1v) is 10.9. The number of benzene rings is 1. The Morgan fingerprint density at radius 3 is 2.76 bits per heavy atom. The Balaban J connectivity index is 1.39. The smallest absolute Gasteiger partial charge is 0.253 e. The van der Waals surface area contributed by atoms with E-state index in [0.717, 1.165) is 56.7 Å². The van der Waals surface area contributed by atoms with Crippen LogP contribution in [0.3, 0.4) is 0 Å². The van der Waals surface area contributed by atoms with Crippen molar-refractivity contribution in [2.45, 2.75) is 43.9 Å². The molecule has 1 unspecified atom stereocenters. The van der Waals surface area contributed by atoms with Gasteiger partial charge in [0, 0.05) is 43.4 Å². The zero-order valence-corrected chi connectivity index (χ0v) is 17.3. The van der Waals surface area contributed by atoms with Crippen molar-refractivity contribution in [3.05, 3.63) is 46.2 Å². The average Bonchev–Trinajstić information content (AvgIpc) is 3.37. The number of hydrogen-bond donors (Lipinski definition) is 1. The van der Waals surface area contributed by atoms with E-state index in [2.05, 4.69) is 14.9 Å². The summed E-state index contributed by atoms with van der Waals surface area (Å²) in [7, 11) is 0. The number of rotatable bonds is 2. The van der Waals surface area contributed by atoms with Gasteiger partial charge >= 0.3 is 0 Å². The number of amides is 1. The van der Waals surface area contributed by atoms with E-state index in [4.69, 9.17) is 17.3 Å². The van der Waals surface area contributed by atoms with Gasteiger partial charge in [-0.05, 0) is 62.3 Å². The van der Waals surface area contributed by atoms with E-state index in [1.54, 1.807) is 0 Å². The van der Waals surface area contributed by atoms with Crippen LogP contribution in [0.1, 0.15) is 53.7 Å². The summed E-state index contributed by atoms with van der Waals surface area (Å²) >= 11 is 6.55. The summed E-state index contributed by atoms with van der Waals surface area (Å²) in [5, 5.41) is 0.663. The van der Waals surface area contributed by atoms with Gasteiger partial charge in [-0.3, -0.25) is 4.79 Å². The van der Waals surface area contributed by atoms with Crippen molar-refractivity contribution in [2.75, 3.05) is 36.8 Å². The summed E-state index contributed by atoms with van der Waals surface area (Å²) in [5.74, 6) is 0.368. The van der Waals surface area contributed by atoms with Gasteiger partial charge in [0.2, 0.25) is 5.95 Å². The van der Waals surface area contributed by atoms with Crippen molar-refractivity contribution < 1.29 is 4.79 Å². The molecule has 2 saturated heterocycles.